The fourth-order valence-corrected chi connectivity index (χ4v) is 6.77. The minimum absolute atomic E-state index is 0.0922. The first-order chi connectivity index (χ1) is 22.9. The molecule has 0 spiro atoms. The Morgan fingerprint density at radius 1 is 1.00 bits per heavy atom. The van der Waals surface area contributed by atoms with Crippen molar-refractivity contribution >= 4 is 40.6 Å². The lowest BCUT2D eigenvalue weighted by Gasteiger charge is -2.22. The van der Waals surface area contributed by atoms with E-state index in [0.29, 0.717) is 35.3 Å². The molecule has 0 aliphatic carbocycles. The molecule has 2 amide bonds. The quantitative estimate of drug-likeness (QED) is 0.153. The van der Waals surface area contributed by atoms with Crippen molar-refractivity contribution in [3.8, 4) is 17.2 Å². The number of rotatable bonds is 12. The first-order valence-electron chi connectivity index (χ1n) is 15.2. The summed E-state index contributed by atoms with van der Waals surface area (Å²) in [4.78, 5) is 27.9. The van der Waals surface area contributed by atoms with Gasteiger partial charge in [-0.2, -0.15) is 5.10 Å². The van der Waals surface area contributed by atoms with E-state index in [9.17, 15) is 9.59 Å². The van der Waals surface area contributed by atoms with E-state index < -0.39 is 0 Å². The molecule has 6 rings (SSSR count). The lowest BCUT2D eigenvalue weighted by atomic mass is 10.00. The van der Waals surface area contributed by atoms with Gasteiger partial charge in [0.1, 0.15) is 11.5 Å². The monoisotopic (exact) mass is 666 g/mol. The molecule has 0 saturated carbocycles. The summed E-state index contributed by atoms with van der Waals surface area (Å²) in [6.07, 6.45) is 0.638. The Morgan fingerprint density at radius 2 is 1.81 bits per heavy atom. The Hall–Kier alpha value is -4.94. The van der Waals surface area contributed by atoms with Crippen molar-refractivity contribution in [2.24, 2.45) is 5.10 Å². The van der Waals surface area contributed by atoms with Gasteiger partial charge in [-0.05, 0) is 73.3 Å². The van der Waals surface area contributed by atoms with Crippen LogP contribution in [0.5, 0.6) is 11.5 Å². The SMILES string of the molecule is CCOc1ccc(-n2c(CNC(=O)c3cccc(OC)c3)nnc2SCC(=O)N2N=C(c3cccs3)C[C@H]2c2ccc(C)cc2)cc1. The maximum absolute atomic E-state index is 13.8. The maximum Gasteiger partial charge on any atom is 0.253 e. The molecule has 0 unspecified atom stereocenters. The average molecular weight is 667 g/mol. The summed E-state index contributed by atoms with van der Waals surface area (Å²) in [7, 11) is 1.56. The predicted octanol–water partition coefficient (Wildman–Crippen LogP) is 6.44. The van der Waals surface area contributed by atoms with Crippen LogP contribution in [-0.2, 0) is 11.3 Å². The van der Waals surface area contributed by atoms with Crippen molar-refractivity contribution in [1.29, 1.82) is 0 Å². The number of hydrogen-bond acceptors (Lipinski definition) is 9. The number of hydrogen-bond donors (Lipinski definition) is 1. The van der Waals surface area contributed by atoms with Gasteiger partial charge in [-0.3, -0.25) is 14.2 Å². The fraction of sp³-hybridized carbons (Fsp3) is 0.229. The maximum atomic E-state index is 13.8. The summed E-state index contributed by atoms with van der Waals surface area (Å²) < 4.78 is 12.7. The molecule has 0 saturated heterocycles. The molecule has 10 nitrogen and oxygen atoms in total. The second-order valence-electron chi connectivity index (χ2n) is 10.8. The number of thiophene rings is 1. The normalized spacial score (nSPS) is 14.1. The highest BCUT2D eigenvalue weighted by molar-refractivity contribution is 7.99. The molecule has 0 bridgehead atoms. The summed E-state index contributed by atoms with van der Waals surface area (Å²) in [5, 5.41) is 20.7. The van der Waals surface area contributed by atoms with E-state index >= 15 is 0 Å². The van der Waals surface area contributed by atoms with Crippen LogP contribution < -0.4 is 14.8 Å². The van der Waals surface area contributed by atoms with Crippen molar-refractivity contribution in [3.05, 3.63) is 118 Å². The molecular weight excluding hydrogens is 633 g/mol. The first-order valence-corrected chi connectivity index (χ1v) is 17.0. The molecule has 1 atom stereocenters. The standard InChI is InChI=1S/C35H34N6O4S2/c1-4-45-27-16-14-26(15-17-27)40-32(21-36-34(43)25-7-5-8-28(19-25)44-3)37-38-35(40)47-22-33(42)41-30(24-12-10-23(2)11-13-24)20-29(39-41)31-9-6-18-46-31/h5-19,30H,4,20-22H2,1-3H3,(H,36,43)/t30-/m0/s1. The summed E-state index contributed by atoms with van der Waals surface area (Å²) >= 11 is 2.89. The number of benzene rings is 3. The number of carbonyl (C=O) groups excluding carboxylic acids is 2. The van der Waals surface area contributed by atoms with Crippen LogP contribution in [-0.4, -0.2) is 56.8 Å². The highest BCUT2D eigenvalue weighted by atomic mass is 32.2. The highest BCUT2D eigenvalue weighted by Crippen LogP contribution is 2.35. The zero-order valence-corrected chi connectivity index (χ0v) is 27.9. The van der Waals surface area contributed by atoms with Crippen molar-refractivity contribution < 1.29 is 19.1 Å². The highest BCUT2D eigenvalue weighted by Gasteiger charge is 2.33. The smallest absolute Gasteiger partial charge is 0.253 e. The Morgan fingerprint density at radius 3 is 2.53 bits per heavy atom. The number of nitrogens with zero attached hydrogens (tertiary/aromatic N) is 5. The third-order valence-corrected chi connectivity index (χ3v) is 9.44. The molecule has 1 N–H and O–H groups in total. The average Bonchev–Trinajstić information content (AvgIpc) is 3.88. The summed E-state index contributed by atoms with van der Waals surface area (Å²) in [6, 6.07) is 26.6. The largest absolute Gasteiger partial charge is 0.497 e. The van der Waals surface area contributed by atoms with Gasteiger partial charge in [0.2, 0.25) is 0 Å². The minimum Gasteiger partial charge on any atom is -0.497 e. The number of amides is 2. The zero-order chi connectivity index (χ0) is 32.8. The molecule has 2 aromatic heterocycles. The van der Waals surface area contributed by atoms with Crippen LogP contribution >= 0.6 is 23.1 Å². The van der Waals surface area contributed by atoms with Gasteiger partial charge in [-0.1, -0.05) is 53.7 Å². The molecular formula is C35H34N6O4S2. The second kappa shape index (κ2) is 14.7. The van der Waals surface area contributed by atoms with Gasteiger partial charge in [0, 0.05) is 17.7 Å². The number of nitrogens with one attached hydrogen (secondary N) is 1. The van der Waals surface area contributed by atoms with Crippen molar-refractivity contribution in [1.82, 2.24) is 25.1 Å². The van der Waals surface area contributed by atoms with Crippen LogP contribution in [0.1, 0.15) is 51.6 Å². The van der Waals surface area contributed by atoms with E-state index in [1.165, 1.54) is 11.8 Å². The molecule has 0 fully saturated rings. The van der Waals surface area contributed by atoms with Gasteiger partial charge in [0.25, 0.3) is 11.8 Å². The van der Waals surface area contributed by atoms with Crippen LogP contribution in [0.25, 0.3) is 5.69 Å². The Kier molecular flexibility index (Phi) is 9.98. The van der Waals surface area contributed by atoms with Crippen molar-refractivity contribution in [2.45, 2.75) is 38.0 Å². The molecule has 0 radical (unpaired) electrons. The molecule has 5 aromatic rings. The fourth-order valence-electron chi connectivity index (χ4n) is 5.22. The van der Waals surface area contributed by atoms with Gasteiger partial charge in [-0.25, -0.2) is 5.01 Å². The molecule has 1 aliphatic heterocycles. The number of hydrazone groups is 1. The van der Waals surface area contributed by atoms with Gasteiger partial charge in [0.15, 0.2) is 11.0 Å². The first kappa shape index (κ1) is 32.0. The van der Waals surface area contributed by atoms with Crippen molar-refractivity contribution in [2.75, 3.05) is 19.5 Å². The van der Waals surface area contributed by atoms with Crippen LogP contribution in [0.4, 0.5) is 0 Å². The Balaban J connectivity index is 1.24. The summed E-state index contributed by atoms with van der Waals surface area (Å²) in [5.74, 6) is 1.52. The summed E-state index contributed by atoms with van der Waals surface area (Å²) in [5.41, 5.74) is 4.33. The molecule has 3 heterocycles. The number of methoxy groups -OCH3 is 1. The molecule has 3 aromatic carbocycles. The van der Waals surface area contributed by atoms with Gasteiger partial charge < -0.3 is 14.8 Å². The number of ether oxygens (including phenoxy) is 2. The summed E-state index contributed by atoms with van der Waals surface area (Å²) in [6.45, 7) is 4.64. The molecule has 47 heavy (non-hydrogen) atoms. The molecule has 1 aliphatic rings. The Bertz CT molecular complexity index is 1870. The minimum atomic E-state index is -0.273. The van der Waals surface area contributed by atoms with Crippen LogP contribution in [0.15, 0.2) is 101 Å². The number of carbonyl (C=O) groups is 2. The third-order valence-electron chi connectivity index (χ3n) is 7.60. The van der Waals surface area contributed by atoms with Crippen LogP contribution in [0.2, 0.25) is 0 Å². The van der Waals surface area contributed by atoms with E-state index in [-0.39, 0.29) is 30.2 Å². The van der Waals surface area contributed by atoms with E-state index in [2.05, 4.69) is 39.8 Å². The third kappa shape index (κ3) is 7.39. The lowest BCUT2D eigenvalue weighted by Crippen LogP contribution is -2.28. The van der Waals surface area contributed by atoms with Gasteiger partial charge in [-0.15, -0.1) is 21.5 Å². The zero-order valence-electron chi connectivity index (χ0n) is 26.3. The van der Waals surface area contributed by atoms with Gasteiger partial charge >= 0.3 is 0 Å². The molecule has 12 heteroatoms. The number of aryl methyl sites for hydroxylation is 1. The number of aromatic nitrogens is 3. The molecule has 240 valence electrons. The lowest BCUT2D eigenvalue weighted by molar-refractivity contribution is -0.130. The number of thioether (sulfide) groups is 1. The van der Waals surface area contributed by atoms with Gasteiger partial charge in [0.05, 0.1) is 42.6 Å². The van der Waals surface area contributed by atoms with Crippen LogP contribution in [0, 0.1) is 6.92 Å². The Labute approximate surface area is 281 Å². The van der Waals surface area contributed by atoms with Crippen LogP contribution in [0.3, 0.4) is 0 Å². The van der Waals surface area contributed by atoms with E-state index in [4.69, 9.17) is 14.6 Å². The van der Waals surface area contributed by atoms with Crippen molar-refractivity contribution in [3.63, 3.8) is 0 Å². The van der Waals surface area contributed by atoms with E-state index in [0.717, 1.165) is 33.2 Å². The predicted molar refractivity (Wildman–Crippen MR) is 184 cm³/mol. The van der Waals surface area contributed by atoms with E-state index in [1.807, 2.05) is 60.2 Å². The van der Waals surface area contributed by atoms with E-state index in [1.54, 1.807) is 47.7 Å². The second-order valence-corrected chi connectivity index (χ2v) is 12.6. The topological polar surface area (TPSA) is 111 Å².